The Morgan fingerprint density at radius 3 is 2.68 bits per heavy atom. The SMILES string of the molecule is Cc1ccc2c(N3CCN(CCc4cccc(NC(=O)c5cc6c(o5)CCCC6=O)c4)CC3)cccc2n1. The molecule has 0 bridgehead atoms. The van der Waals surface area contributed by atoms with Gasteiger partial charge in [0.2, 0.25) is 0 Å². The number of rotatable bonds is 6. The van der Waals surface area contributed by atoms with Crippen LogP contribution in [0.1, 0.15) is 50.8 Å². The normalized spacial score (nSPS) is 16.0. The smallest absolute Gasteiger partial charge is 0.291 e. The second-order valence-corrected chi connectivity index (χ2v) is 10.3. The van der Waals surface area contributed by atoms with Gasteiger partial charge in [0.15, 0.2) is 11.5 Å². The lowest BCUT2D eigenvalue weighted by Crippen LogP contribution is -2.47. The number of anilines is 2. The number of nitrogens with one attached hydrogen (secondary N) is 1. The molecule has 0 spiro atoms. The van der Waals surface area contributed by atoms with Crippen molar-refractivity contribution in [3.8, 4) is 0 Å². The second-order valence-electron chi connectivity index (χ2n) is 10.3. The third kappa shape index (κ3) is 5.07. The zero-order valence-corrected chi connectivity index (χ0v) is 21.7. The van der Waals surface area contributed by atoms with Gasteiger partial charge in [-0.2, -0.15) is 0 Å². The topological polar surface area (TPSA) is 78.7 Å². The average Bonchev–Trinajstić information content (AvgIpc) is 3.38. The standard InChI is InChI=1S/C31H32N4O3/c1-21-11-12-24-26(32-21)7-3-8-27(24)35-17-15-34(16-18-35)14-13-22-5-2-6-23(19-22)33-31(37)30-20-25-28(36)9-4-10-29(25)38-30/h2-3,5-8,11-12,19-20H,4,9-10,13-18H2,1H3,(H,33,37). The molecule has 4 aromatic rings. The minimum Gasteiger partial charge on any atom is -0.455 e. The van der Waals surface area contributed by atoms with Gasteiger partial charge in [-0.15, -0.1) is 0 Å². The number of benzene rings is 2. The number of ketones is 1. The Morgan fingerprint density at radius 2 is 1.84 bits per heavy atom. The quantitative estimate of drug-likeness (QED) is 0.382. The van der Waals surface area contributed by atoms with E-state index < -0.39 is 0 Å². The van der Waals surface area contributed by atoms with Gasteiger partial charge in [0, 0.05) is 74.1 Å². The number of nitrogens with zero attached hydrogens (tertiary/aromatic N) is 3. The number of Topliss-reactive ketones (excluding diaryl/α,β-unsaturated/α-hetero) is 1. The van der Waals surface area contributed by atoms with Gasteiger partial charge in [-0.25, -0.2) is 0 Å². The molecular weight excluding hydrogens is 476 g/mol. The van der Waals surface area contributed by atoms with Crippen molar-refractivity contribution in [3.63, 3.8) is 0 Å². The summed E-state index contributed by atoms with van der Waals surface area (Å²) in [6, 6.07) is 20.2. The Labute approximate surface area is 222 Å². The van der Waals surface area contributed by atoms with E-state index in [1.807, 2.05) is 25.1 Å². The van der Waals surface area contributed by atoms with Crippen molar-refractivity contribution < 1.29 is 14.0 Å². The maximum atomic E-state index is 12.8. The molecule has 7 heteroatoms. The van der Waals surface area contributed by atoms with Crippen LogP contribution >= 0.6 is 0 Å². The van der Waals surface area contributed by atoms with E-state index in [-0.39, 0.29) is 17.5 Å². The molecule has 38 heavy (non-hydrogen) atoms. The fourth-order valence-electron chi connectivity index (χ4n) is 5.52. The molecule has 1 saturated heterocycles. The fraction of sp³-hybridized carbons (Fsp3) is 0.323. The van der Waals surface area contributed by atoms with E-state index in [1.54, 1.807) is 6.07 Å². The lowest BCUT2D eigenvalue weighted by atomic mass is 9.97. The summed E-state index contributed by atoms with van der Waals surface area (Å²) in [5.74, 6) is 0.568. The summed E-state index contributed by atoms with van der Waals surface area (Å²) in [5.41, 5.74) is 5.83. The zero-order valence-electron chi connectivity index (χ0n) is 21.7. The highest BCUT2D eigenvalue weighted by molar-refractivity contribution is 6.05. The predicted molar refractivity (Wildman–Crippen MR) is 149 cm³/mol. The Kier molecular flexibility index (Phi) is 6.68. The van der Waals surface area contributed by atoms with Gasteiger partial charge in [0.05, 0.1) is 11.1 Å². The van der Waals surface area contributed by atoms with Crippen molar-refractivity contribution in [1.82, 2.24) is 9.88 Å². The van der Waals surface area contributed by atoms with Crippen molar-refractivity contribution in [1.29, 1.82) is 0 Å². The monoisotopic (exact) mass is 508 g/mol. The summed E-state index contributed by atoms with van der Waals surface area (Å²) in [5, 5.41) is 4.15. The average molecular weight is 509 g/mol. The summed E-state index contributed by atoms with van der Waals surface area (Å²) in [6.45, 7) is 6.98. The van der Waals surface area contributed by atoms with Gasteiger partial charge in [-0.3, -0.25) is 19.5 Å². The summed E-state index contributed by atoms with van der Waals surface area (Å²) < 4.78 is 5.69. The Morgan fingerprint density at radius 1 is 1.00 bits per heavy atom. The van der Waals surface area contributed by atoms with Gasteiger partial charge in [0.1, 0.15) is 5.76 Å². The van der Waals surface area contributed by atoms with E-state index in [9.17, 15) is 9.59 Å². The van der Waals surface area contributed by atoms with E-state index in [0.29, 0.717) is 24.2 Å². The Bertz CT molecular complexity index is 1500. The number of aromatic nitrogens is 1. The third-order valence-electron chi connectivity index (χ3n) is 7.60. The van der Waals surface area contributed by atoms with Crippen molar-refractivity contribution in [2.24, 2.45) is 0 Å². The van der Waals surface area contributed by atoms with Crippen LogP contribution in [-0.4, -0.2) is 54.3 Å². The summed E-state index contributed by atoms with van der Waals surface area (Å²) in [6.07, 6.45) is 2.91. The number of hydrogen-bond acceptors (Lipinski definition) is 6. The van der Waals surface area contributed by atoms with Crippen molar-refractivity contribution in [2.75, 3.05) is 42.9 Å². The first-order chi connectivity index (χ1) is 18.5. The highest BCUT2D eigenvalue weighted by Gasteiger charge is 2.25. The van der Waals surface area contributed by atoms with E-state index in [4.69, 9.17) is 4.42 Å². The van der Waals surface area contributed by atoms with Crippen LogP contribution < -0.4 is 10.2 Å². The molecule has 7 nitrogen and oxygen atoms in total. The summed E-state index contributed by atoms with van der Waals surface area (Å²) in [4.78, 5) is 34.5. The number of pyridine rings is 1. The number of fused-ring (bicyclic) bond motifs is 2. The van der Waals surface area contributed by atoms with Crippen LogP contribution in [0.3, 0.4) is 0 Å². The molecule has 0 saturated carbocycles. The summed E-state index contributed by atoms with van der Waals surface area (Å²) >= 11 is 0. The number of amides is 1. The van der Waals surface area contributed by atoms with Crippen molar-refractivity contribution >= 4 is 34.0 Å². The molecule has 1 aliphatic carbocycles. The van der Waals surface area contributed by atoms with Crippen LogP contribution in [0.2, 0.25) is 0 Å². The number of aryl methyl sites for hydroxylation is 2. The molecule has 0 atom stereocenters. The van der Waals surface area contributed by atoms with Crippen LogP contribution in [0.5, 0.6) is 0 Å². The van der Waals surface area contributed by atoms with Gasteiger partial charge in [0.25, 0.3) is 5.91 Å². The molecule has 2 aliphatic rings. The van der Waals surface area contributed by atoms with E-state index >= 15 is 0 Å². The molecule has 2 aromatic carbocycles. The van der Waals surface area contributed by atoms with Crippen LogP contribution in [0.15, 0.2) is 65.1 Å². The second kappa shape index (κ2) is 10.4. The minimum atomic E-state index is -0.320. The fourth-order valence-corrected chi connectivity index (χ4v) is 5.52. The Balaban J connectivity index is 1.04. The van der Waals surface area contributed by atoms with Crippen LogP contribution in [0, 0.1) is 6.92 Å². The van der Waals surface area contributed by atoms with E-state index in [2.05, 4.69) is 56.5 Å². The molecule has 3 heterocycles. The van der Waals surface area contributed by atoms with Crippen LogP contribution in [-0.2, 0) is 12.8 Å². The maximum absolute atomic E-state index is 12.8. The molecule has 1 amide bonds. The number of furan rings is 1. The molecule has 0 radical (unpaired) electrons. The lowest BCUT2D eigenvalue weighted by Gasteiger charge is -2.36. The highest BCUT2D eigenvalue weighted by Crippen LogP contribution is 2.28. The first-order valence-electron chi connectivity index (χ1n) is 13.4. The first kappa shape index (κ1) is 24.4. The third-order valence-corrected chi connectivity index (χ3v) is 7.60. The summed E-state index contributed by atoms with van der Waals surface area (Å²) in [7, 11) is 0. The molecule has 2 aromatic heterocycles. The molecule has 6 rings (SSSR count). The van der Waals surface area contributed by atoms with Gasteiger partial charge in [-0.1, -0.05) is 18.2 Å². The van der Waals surface area contributed by atoms with Gasteiger partial charge in [-0.05, 0) is 61.7 Å². The van der Waals surface area contributed by atoms with Crippen LogP contribution in [0.4, 0.5) is 11.4 Å². The molecule has 1 aliphatic heterocycles. The maximum Gasteiger partial charge on any atom is 0.291 e. The number of carbonyl (C=O) groups excluding carboxylic acids is 2. The van der Waals surface area contributed by atoms with Crippen molar-refractivity contribution in [2.45, 2.75) is 32.6 Å². The van der Waals surface area contributed by atoms with E-state index in [1.165, 1.54) is 16.6 Å². The number of carbonyl (C=O) groups is 2. The molecule has 0 unspecified atom stereocenters. The number of hydrogen-bond donors (Lipinski definition) is 1. The Hall–Kier alpha value is -3.97. The van der Waals surface area contributed by atoms with Crippen LogP contribution in [0.25, 0.3) is 10.9 Å². The minimum absolute atomic E-state index is 0.0566. The van der Waals surface area contributed by atoms with E-state index in [0.717, 1.165) is 62.5 Å². The molecule has 1 N–H and O–H groups in total. The predicted octanol–water partition coefficient (Wildman–Crippen LogP) is 5.27. The lowest BCUT2D eigenvalue weighted by molar-refractivity contribution is 0.0963. The molecular formula is C31H32N4O3. The first-order valence-corrected chi connectivity index (χ1v) is 13.4. The van der Waals surface area contributed by atoms with Gasteiger partial charge < -0.3 is 14.6 Å². The van der Waals surface area contributed by atoms with Gasteiger partial charge >= 0.3 is 0 Å². The largest absolute Gasteiger partial charge is 0.455 e. The zero-order chi connectivity index (χ0) is 26.1. The highest BCUT2D eigenvalue weighted by atomic mass is 16.4. The molecule has 1 fully saturated rings. The number of piperazine rings is 1. The van der Waals surface area contributed by atoms with Crippen molar-refractivity contribution in [3.05, 3.63) is 89.0 Å². The molecule has 194 valence electrons.